The largest absolute Gasteiger partial charge is 0.380 e. The monoisotopic (exact) mass is 613 g/mol. The molecule has 4 aromatic rings. The predicted octanol–water partition coefficient (Wildman–Crippen LogP) is 4.51. The van der Waals surface area contributed by atoms with Crippen molar-refractivity contribution in [3.63, 3.8) is 0 Å². The number of amides is 1. The van der Waals surface area contributed by atoms with Crippen molar-refractivity contribution >= 4 is 71.9 Å². The Hall–Kier alpha value is -3.75. The number of ketones is 1. The minimum absolute atomic E-state index is 0.0727. The Balaban J connectivity index is 0.000000748. The number of aldehydes is 1. The summed E-state index contributed by atoms with van der Waals surface area (Å²) in [4.78, 5) is 45.0. The van der Waals surface area contributed by atoms with E-state index in [9.17, 15) is 22.8 Å². The van der Waals surface area contributed by atoms with Gasteiger partial charge in [0.05, 0.1) is 34.9 Å². The van der Waals surface area contributed by atoms with Crippen LogP contribution in [0.4, 0.5) is 11.5 Å². The van der Waals surface area contributed by atoms with Crippen LogP contribution >= 0.6 is 11.3 Å². The molecule has 11 nitrogen and oxygen atoms in total. The predicted molar refractivity (Wildman–Crippen MR) is 163 cm³/mol. The molecule has 0 saturated carbocycles. The second kappa shape index (κ2) is 12.6. The van der Waals surface area contributed by atoms with Gasteiger partial charge in [0, 0.05) is 54.0 Å². The lowest BCUT2D eigenvalue weighted by Gasteiger charge is -2.40. The van der Waals surface area contributed by atoms with Gasteiger partial charge in [-0.05, 0) is 49.2 Å². The Bertz CT molecular complexity index is 1790. The second-order valence-corrected chi connectivity index (χ2v) is 12.3. The van der Waals surface area contributed by atoms with Gasteiger partial charge in [-0.25, -0.2) is 4.98 Å². The minimum Gasteiger partial charge on any atom is -0.380 e. The molecule has 0 radical (unpaired) electrons. The molecule has 42 heavy (non-hydrogen) atoms. The quantitative estimate of drug-likeness (QED) is 0.165. The van der Waals surface area contributed by atoms with Gasteiger partial charge >= 0.3 is 0 Å². The minimum atomic E-state index is -3.67. The fourth-order valence-electron chi connectivity index (χ4n) is 4.81. The molecule has 1 amide bonds. The van der Waals surface area contributed by atoms with Crippen LogP contribution in [-0.2, 0) is 26.2 Å². The van der Waals surface area contributed by atoms with Crippen molar-refractivity contribution in [2.24, 2.45) is 0 Å². The number of anilines is 2. The number of Topliss-reactive ketones (excluding diaryl/α,β-unsaturated/α-hetero) is 1. The molecular weight excluding hydrogens is 582 g/mol. The normalized spacial score (nSPS) is 13.4. The van der Waals surface area contributed by atoms with E-state index in [0.29, 0.717) is 40.7 Å². The van der Waals surface area contributed by atoms with Crippen molar-refractivity contribution < 1.29 is 36.8 Å². The zero-order chi connectivity index (χ0) is 30.8. The Morgan fingerprint density at radius 3 is 2.50 bits per heavy atom. The van der Waals surface area contributed by atoms with Crippen LogP contribution in [0.15, 0.2) is 36.4 Å². The first-order valence-corrected chi connectivity index (χ1v) is 15.5. The number of carbonyl (C=O) groups is 3. The van der Waals surface area contributed by atoms with E-state index in [1.54, 1.807) is 26.4 Å². The van der Waals surface area contributed by atoms with Crippen LogP contribution in [0, 0.1) is 6.92 Å². The zero-order valence-corrected chi connectivity index (χ0v) is 25.4. The number of nitrogens with zero attached hydrogens (tertiary/aromatic N) is 2. The van der Waals surface area contributed by atoms with E-state index in [1.165, 1.54) is 18.3 Å². The second-order valence-electron chi connectivity index (χ2n) is 9.86. The Kier molecular flexibility index (Phi) is 9.38. The van der Waals surface area contributed by atoms with Crippen molar-refractivity contribution in [2.75, 3.05) is 43.8 Å². The van der Waals surface area contributed by atoms with Crippen LogP contribution < -0.4 is 10.2 Å². The molecule has 1 fully saturated rings. The molecule has 2 N–H and O–H groups in total. The van der Waals surface area contributed by atoms with E-state index in [-0.39, 0.29) is 23.6 Å². The summed E-state index contributed by atoms with van der Waals surface area (Å²) >= 11 is 1.26. The average molecular weight is 614 g/mol. The molecule has 3 heterocycles. The van der Waals surface area contributed by atoms with Crippen LogP contribution in [0.2, 0.25) is 0 Å². The van der Waals surface area contributed by atoms with Crippen LogP contribution in [0.1, 0.15) is 48.4 Å². The maximum Gasteiger partial charge on any atom is 0.267 e. The number of rotatable bonds is 8. The van der Waals surface area contributed by atoms with Crippen LogP contribution in [-0.4, -0.2) is 75.6 Å². The van der Waals surface area contributed by atoms with E-state index in [1.807, 2.05) is 31.2 Å². The Labute approximate surface area is 247 Å². The fourth-order valence-corrected chi connectivity index (χ4v) is 6.12. The first kappa shape index (κ1) is 31.2. The zero-order valence-electron chi connectivity index (χ0n) is 23.8. The van der Waals surface area contributed by atoms with Crippen molar-refractivity contribution in [1.82, 2.24) is 4.98 Å². The maximum atomic E-state index is 13.5. The SMILES string of the molecule is COCc1ccc(C(C)=O)c2sc(C(=O)Nc3nc4cccc(N5CC(OC)C5)c4cc3C=O)c(C)c12.CS(=O)(=O)O. The molecule has 0 aliphatic carbocycles. The highest BCUT2D eigenvalue weighted by atomic mass is 32.2. The number of hydrogen-bond acceptors (Lipinski definition) is 10. The molecule has 222 valence electrons. The molecule has 0 bridgehead atoms. The summed E-state index contributed by atoms with van der Waals surface area (Å²) in [6.45, 7) is 5.27. The highest BCUT2D eigenvalue weighted by Crippen LogP contribution is 2.37. The number of aromatic nitrogens is 1. The van der Waals surface area contributed by atoms with Gasteiger partial charge < -0.3 is 19.7 Å². The standard InChI is InChI=1S/C28H27N3O5S.CH4O3S/c1-15-24-17(14-35-3)8-9-20(16(2)33)26(24)37-25(15)28(34)30-27-18(13-32)10-21-22(29-27)6-5-7-23(21)31-11-19(12-31)36-4;1-5(2,3)4/h5-10,13,19H,11-12,14H2,1-4H3,(H,29,30,34);1H3,(H,2,3,4). The van der Waals surface area contributed by atoms with Gasteiger partial charge in [0.2, 0.25) is 0 Å². The first-order valence-electron chi connectivity index (χ1n) is 12.8. The van der Waals surface area contributed by atoms with Crippen LogP contribution in [0.5, 0.6) is 0 Å². The van der Waals surface area contributed by atoms with Gasteiger partial charge in [0.1, 0.15) is 5.82 Å². The topological polar surface area (TPSA) is 152 Å². The molecule has 0 spiro atoms. The molecule has 13 heteroatoms. The van der Waals surface area contributed by atoms with Gasteiger partial charge in [-0.15, -0.1) is 11.3 Å². The molecule has 1 saturated heterocycles. The molecule has 0 unspecified atom stereocenters. The lowest BCUT2D eigenvalue weighted by Crippen LogP contribution is -2.51. The van der Waals surface area contributed by atoms with Crippen LogP contribution in [0.25, 0.3) is 21.0 Å². The van der Waals surface area contributed by atoms with Gasteiger partial charge in [-0.3, -0.25) is 18.9 Å². The number of hydrogen-bond donors (Lipinski definition) is 2. The van der Waals surface area contributed by atoms with Gasteiger partial charge in [0.25, 0.3) is 16.0 Å². The number of pyridine rings is 1. The molecule has 2 aromatic heterocycles. The number of carbonyl (C=O) groups excluding carboxylic acids is 3. The highest BCUT2D eigenvalue weighted by molar-refractivity contribution is 7.85. The van der Waals surface area contributed by atoms with E-state index in [2.05, 4.69) is 15.2 Å². The van der Waals surface area contributed by atoms with Gasteiger partial charge in [-0.2, -0.15) is 8.42 Å². The van der Waals surface area contributed by atoms with E-state index in [0.717, 1.165) is 45.4 Å². The molecule has 1 aliphatic rings. The Morgan fingerprint density at radius 2 is 1.90 bits per heavy atom. The number of benzene rings is 2. The number of aryl methyl sites for hydroxylation is 1. The molecular formula is C29H31N3O8S2. The smallest absolute Gasteiger partial charge is 0.267 e. The summed E-state index contributed by atoms with van der Waals surface area (Å²) in [5, 5.41) is 4.53. The summed E-state index contributed by atoms with van der Waals surface area (Å²) in [5.74, 6) is -0.256. The summed E-state index contributed by atoms with van der Waals surface area (Å²) in [6, 6.07) is 11.2. The Morgan fingerprint density at radius 1 is 1.21 bits per heavy atom. The van der Waals surface area contributed by atoms with Crippen LogP contribution in [0.3, 0.4) is 0 Å². The van der Waals surface area contributed by atoms with Crippen molar-refractivity contribution in [2.45, 2.75) is 26.6 Å². The number of thiophene rings is 1. The van der Waals surface area contributed by atoms with Crippen molar-refractivity contribution in [3.8, 4) is 0 Å². The van der Waals surface area contributed by atoms with Gasteiger partial charge in [0.15, 0.2) is 12.1 Å². The number of methoxy groups -OCH3 is 2. The molecule has 1 aliphatic heterocycles. The molecule has 2 aromatic carbocycles. The number of fused-ring (bicyclic) bond motifs is 2. The van der Waals surface area contributed by atoms with E-state index in [4.69, 9.17) is 14.0 Å². The first-order chi connectivity index (χ1) is 19.9. The molecule has 5 rings (SSSR count). The summed E-state index contributed by atoms with van der Waals surface area (Å²) in [5.41, 5.74) is 4.17. The number of nitrogens with one attached hydrogen (secondary N) is 1. The lowest BCUT2D eigenvalue weighted by molar-refractivity contribution is 0.0789. The third-order valence-electron chi connectivity index (χ3n) is 6.80. The maximum absolute atomic E-state index is 13.5. The third kappa shape index (κ3) is 6.66. The van der Waals surface area contributed by atoms with E-state index < -0.39 is 10.1 Å². The summed E-state index contributed by atoms with van der Waals surface area (Å²) < 4.78 is 37.3. The highest BCUT2D eigenvalue weighted by Gasteiger charge is 2.28. The number of ether oxygens (including phenoxy) is 2. The van der Waals surface area contributed by atoms with Crippen molar-refractivity contribution in [3.05, 3.63) is 63.5 Å². The van der Waals surface area contributed by atoms with Crippen molar-refractivity contribution in [1.29, 1.82) is 0 Å². The average Bonchev–Trinajstić information content (AvgIpc) is 3.24. The lowest BCUT2D eigenvalue weighted by atomic mass is 10.0. The summed E-state index contributed by atoms with van der Waals surface area (Å²) in [7, 11) is -0.362. The third-order valence-corrected chi connectivity index (χ3v) is 8.12. The summed E-state index contributed by atoms with van der Waals surface area (Å²) in [6.07, 6.45) is 1.60. The van der Waals surface area contributed by atoms with E-state index >= 15 is 0 Å². The van der Waals surface area contributed by atoms with Gasteiger partial charge in [-0.1, -0.05) is 12.1 Å². The fraction of sp³-hybridized carbons (Fsp3) is 0.310. The molecule has 0 atom stereocenters.